The summed E-state index contributed by atoms with van der Waals surface area (Å²) in [6, 6.07) is 3.12. The van der Waals surface area contributed by atoms with Crippen LogP contribution in [-0.2, 0) is 11.8 Å². The van der Waals surface area contributed by atoms with Crippen LogP contribution in [0.25, 0.3) is 0 Å². The van der Waals surface area contributed by atoms with Gasteiger partial charge in [0.05, 0.1) is 0 Å². The van der Waals surface area contributed by atoms with Crippen LogP contribution in [0.2, 0.25) is 0 Å². The van der Waals surface area contributed by atoms with E-state index in [0.29, 0.717) is 13.0 Å². The van der Waals surface area contributed by atoms with Gasteiger partial charge < -0.3 is 14.6 Å². The number of rotatable bonds is 4. The van der Waals surface area contributed by atoms with Crippen LogP contribution in [-0.4, -0.2) is 39.0 Å². The molecule has 0 aromatic carbocycles. The molecule has 1 atom stereocenters. The fourth-order valence-corrected chi connectivity index (χ4v) is 2.77. The molecule has 1 aromatic rings. The fraction of sp³-hybridized carbons (Fsp3) is 0.533. The maximum Gasteiger partial charge on any atom is 0.303 e. The molecule has 0 saturated carbocycles. The molecule has 0 aliphatic carbocycles. The summed E-state index contributed by atoms with van der Waals surface area (Å²) in [7, 11) is 1.61. The zero-order valence-electron chi connectivity index (χ0n) is 12.1. The molecule has 2 heterocycles. The molecule has 21 heavy (non-hydrogen) atoms. The smallest absolute Gasteiger partial charge is 0.303 e. The van der Waals surface area contributed by atoms with E-state index in [1.54, 1.807) is 24.2 Å². The number of aliphatic carboxylic acids is 1. The summed E-state index contributed by atoms with van der Waals surface area (Å²) in [6.45, 7) is 0.584. The van der Waals surface area contributed by atoms with Crippen molar-refractivity contribution in [2.45, 2.75) is 38.1 Å². The SMILES string of the molecule is Cn1cccc(C(=O)N2CCCCC2CCC(=O)O)c1=O. The highest BCUT2D eigenvalue weighted by Gasteiger charge is 2.29. The van der Waals surface area contributed by atoms with E-state index in [-0.39, 0.29) is 29.5 Å². The van der Waals surface area contributed by atoms with E-state index < -0.39 is 5.97 Å². The van der Waals surface area contributed by atoms with E-state index in [4.69, 9.17) is 5.11 Å². The average molecular weight is 292 g/mol. The monoisotopic (exact) mass is 292 g/mol. The summed E-state index contributed by atoms with van der Waals surface area (Å²) in [6.07, 6.45) is 4.77. The van der Waals surface area contributed by atoms with Gasteiger partial charge in [-0.05, 0) is 37.8 Å². The topological polar surface area (TPSA) is 79.6 Å². The molecule has 0 bridgehead atoms. The quantitative estimate of drug-likeness (QED) is 0.905. The van der Waals surface area contributed by atoms with Gasteiger partial charge in [-0.3, -0.25) is 14.4 Å². The van der Waals surface area contributed by atoms with Gasteiger partial charge in [0.1, 0.15) is 5.56 Å². The van der Waals surface area contributed by atoms with Crippen LogP contribution in [0.1, 0.15) is 42.5 Å². The Hall–Kier alpha value is -2.11. The normalized spacial score (nSPS) is 18.5. The summed E-state index contributed by atoms with van der Waals surface area (Å²) in [4.78, 5) is 37.0. The van der Waals surface area contributed by atoms with Gasteiger partial charge in [-0.15, -0.1) is 0 Å². The van der Waals surface area contributed by atoms with Crippen LogP contribution >= 0.6 is 0 Å². The number of carbonyl (C=O) groups excluding carboxylic acids is 1. The second-order valence-corrected chi connectivity index (χ2v) is 5.42. The highest BCUT2D eigenvalue weighted by atomic mass is 16.4. The van der Waals surface area contributed by atoms with E-state index >= 15 is 0 Å². The van der Waals surface area contributed by atoms with Crippen molar-refractivity contribution in [3.8, 4) is 0 Å². The number of aryl methyl sites for hydroxylation is 1. The minimum atomic E-state index is -0.858. The first-order valence-electron chi connectivity index (χ1n) is 7.19. The third kappa shape index (κ3) is 3.51. The number of amides is 1. The highest BCUT2D eigenvalue weighted by molar-refractivity contribution is 5.94. The van der Waals surface area contributed by atoms with Crippen LogP contribution in [0.15, 0.2) is 23.1 Å². The van der Waals surface area contributed by atoms with Gasteiger partial charge in [0.15, 0.2) is 0 Å². The van der Waals surface area contributed by atoms with E-state index in [1.165, 1.54) is 10.6 Å². The summed E-state index contributed by atoms with van der Waals surface area (Å²) in [5.41, 5.74) is -0.160. The number of nitrogens with zero attached hydrogens (tertiary/aromatic N) is 2. The molecule has 1 N–H and O–H groups in total. The molecule has 0 radical (unpaired) electrons. The van der Waals surface area contributed by atoms with Gasteiger partial charge in [0.25, 0.3) is 11.5 Å². The minimum absolute atomic E-state index is 0.0429. The van der Waals surface area contributed by atoms with Crippen molar-refractivity contribution in [1.82, 2.24) is 9.47 Å². The van der Waals surface area contributed by atoms with Crippen LogP contribution < -0.4 is 5.56 Å². The lowest BCUT2D eigenvalue weighted by molar-refractivity contribution is -0.137. The van der Waals surface area contributed by atoms with E-state index in [2.05, 4.69) is 0 Å². The van der Waals surface area contributed by atoms with Crippen molar-refractivity contribution in [2.24, 2.45) is 7.05 Å². The Labute approximate surface area is 123 Å². The maximum atomic E-state index is 12.6. The number of carbonyl (C=O) groups is 2. The lowest BCUT2D eigenvalue weighted by Crippen LogP contribution is -2.45. The molecule has 6 heteroatoms. The van der Waals surface area contributed by atoms with Crippen molar-refractivity contribution >= 4 is 11.9 Å². The number of likely N-dealkylation sites (tertiary alicyclic amines) is 1. The average Bonchev–Trinajstić information content (AvgIpc) is 2.47. The third-order valence-electron chi connectivity index (χ3n) is 3.93. The van der Waals surface area contributed by atoms with E-state index in [9.17, 15) is 14.4 Å². The molecule has 2 rings (SSSR count). The summed E-state index contributed by atoms with van der Waals surface area (Å²) < 4.78 is 1.38. The Kier molecular flexibility index (Phi) is 4.77. The van der Waals surface area contributed by atoms with Gasteiger partial charge in [0, 0.05) is 32.3 Å². The standard InChI is InChI=1S/C15H20N2O4/c1-16-9-4-6-12(14(16)20)15(21)17-10-3-2-5-11(17)7-8-13(18)19/h4,6,9,11H,2-3,5,7-8,10H2,1H3,(H,18,19). The zero-order valence-corrected chi connectivity index (χ0v) is 12.1. The first-order chi connectivity index (χ1) is 10.0. The van der Waals surface area contributed by atoms with Gasteiger partial charge in [-0.2, -0.15) is 0 Å². The molecule has 1 aliphatic heterocycles. The largest absolute Gasteiger partial charge is 0.481 e. The van der Waals surface area contributed by atoms with Gasteiger partial charge in [-0.1, -0.05) is 0 Å². The van der Waals surface area contributed by atoms with Crippen molar-refractivity contribution in [2.75, 3.05) is 6.54 Å². The number of carboxylic acids is 1. The van der Waals surface area contributed by atoms with Crippen LogP contribution in [0.5, 0.6) is 0 Å². The minimum Gasteiger partial charge on any atom is -0.481 e. The summed E-state index contributed by atoms with van der Waals surface area (Å²) >= 11 is 0. The number of hydrogen-bond acceptors (Lipinski definition) is 3. The first kappa shape index (κ1) is 15.3. The predicted octanol–water partition coefficient (Wildman–Crippen LogP) is 1.24. The van der Waals surface area contributed by atoms with Gasteiger partial charge in [-0.25, -0.2) is 0 Å². The zero-order chi connectivity index (χ0) is 15.4. The van der Waals surface area contributed by atoms with E-state index in [1.807, 2.05) is 0 Å². The molecule has 0 spiro atoms. The molecule has 1 aromatic heterocycles. The van der Waals surface area contributed by atoms with Crippen molar-refractivity contribution in [1.29, 1.82) is 0 Å². The molecule has 114 valence electrons. The van der Waals surface area contributed by atoms with Gasteiger partial charge in [0.2, 0.25) is 0 Å². The Bertz CT molecular complexity index is 594. The number of aromatic nitrogens is 1. The number of carboxylic acid groups (broad SMARTS) is 1. The molecular weight excluding hydrogens is 272 g/mol. The lowest BCUT2D eigenvalue weighted by atomic mass is 9.97. The Morgan fingerprint density at radius 2 is 2.14 bits per heavy atom. The Morgan fingerprint density at radius 1 is 1.38 bits per heavy atom. The van der Waals surface area contributed by atoms with E-state index in [0.717, 1.165) is 19.3 Å². The first-order valence-corrected chi connectivity index (χ1v) is 7.19. The Morgan fingerprint density at radius 3 is 2.86 bits per heavy atom. The van der Waals surface area contributed by atoms with Crippen molar-refractivity contribution in [3.63, 3.8) is 0 Å². The molecule has 1 unspecified atom stereocenters. The highest BCUT2D eigenvalue weighted by Crippen LogP contribution is 2.22. The number of hydrogen-bond donors (Lipinski definition) is 1. The molecule has 1 saturated heterocycles. The fourth-order valence-electron chi connectivity index (χ4n) is 2.77. The van der Waals surface area contributed by atoms with Crippen LogP contribution in [0, 0.1) is 0 Å². The molecule has 1 fully saturated rings. The molecule has 1 amide bonds. The molecular formula is C15H20N2O4. The molecule has 1 aliphatic rings. The maximum absolute atomic E-state index is 12.6. The lowest BCUT2D eigenvalue weighted by Gasteiger charge is -2.35. The number of pyridine rings is 1. The van der Waals surface area contributed by atoms with Gasteiger partial charge >= 0.3 is 5.97 Å². The number of piperidine rings is 1. The third-order valence-corrected chi connectivity index (χ3v) is 3.93. The predicted molar refractivity (Wildman–Crippen MR) is 77.2 cm³/mol. The van der Waals surface area contributed by atoms with Crippen molar-refractivity contribution < 1.29 is 14.7 Å². The van der Waals surface area contributed by atoms with Crippen LogP contribution in [0.4, 0.5) is 0 Å². The summed E-state index contributed by atoms with van der Waals surface area (Å²) in [5, 5.41) is 8.81. The second-order valence-electron chi connectivity index (χ2n) is 5.42. The van der Waals surface area contributed by atoms with Crippen LogP contribution in [0.3, 0.4) is 0 Å². The van der Waals surface area contributed by atoms with Crippen molar-refractivity contribution in [3.05, 3.63) is 34.2 Å². The molecule has 6 nitrogen and oxygen atoms in total. The Balaban J connectivity index is 2.20. The summed E-state index contributed by atoms with van der Waals surface area (Å²) in [5.74, 6) is -1.14. The second kappa shape index (κ2) is 6.56.